The first-order chi connectivity index (χ1) is 15.9. The predicted molar refractivity (Wildman–Crippen MR) is 137 cm³/mol. The van der Waals surface area contributed by atoms with Gasteiger partial charge in [-0.3, -0.25) is 13.9 Å². The van der Waals surface area contributed by atoms with Crippen molar-refractivity contribution in [2.75, 3.05) is 19.5 Å². The van der Waals surface area contributed by atoms with Crippen LogP contribution in [0.15, 0.2) is 63.3 Å². The van der Waals surface area contributed by atoms with Crippen LogP contribution in [0.4, 0.5) is 0 Å². The van der Waals surface area contributed by atoms with E-state index in [2.05, 4.69) is 54.8 Å². The molecule has 0 bridgehead atoms. The van der Waals surface area contributed by atoms with E-state index in [0.717, 1.165) is 17.2 Å². The van der Waals surface area contributed by atoms with Gasteiger partial charge in [-0.2, -0.15) is 0 Å². The lowest BCUT2D eigenvalue weighted by Crippen LogP contribution is -2.38. The fraction of sp³-hybridized carbons (Fsp3) is 0.385. The Morgan fingerprint density at radius 1 is 1.06 bits per heavy atom. The number of fused-ring (bicyclic) bond motifs is 2. The van der Waals surface area contributed by atoms with Gasteiger partial charge in [-0.15, -0.1) is 11.8 Å². The molecular weight excluding hydrogens is 434 g/mol. The monoisotopic (exact) mass is 465 g/mol. The summed E-state index contributed by atoms with van der Waals surface area (Å²) in [7, 11) is 3.27. The highest BCUT2D eigenvalue weighted by Gasteiger charge is 2.20. The molecule has 4 rings (SSSR count). The van der Waals surface area contributed by atoms with Gasteiger partial charge >= 0.3 is 5.69 Å². The molecule has 0 amide bonds. The molecule has 0 aliphatic carbocycles. The quantitative estimate of drug-likeness (QED) is 0.270. The van der Waals surface area contributed by atoms with Crippen LogP contribution in [0.25, 0.3) is 21.7 Å². The summed E-state index contributed by atoms with van der Waals surface area (Å²) in [5, 5.41) is 3.92. The van der Waals surface area contributed by atoms with Crippen LogP contribution in [0.5, 0.6) is 0 Å². The molecule has 0 atom stereocenters. The average molecular weight is 466 g/mol. The highest BCUT2D eigenvalue weighted by molar-refractivity contribution is 7.99. The SMILES string of the molecule is COCCCSc1c2c(=O)n(C)c(=O)n(CC(C)C)c2cn1Cc1cccc2ccccc12. The van der Waals surface area contributed by atoms with Crippen LogP contribution in [0.3, 0.4) is 0 Å². The van der Waals surface area contributed by atoms with Crippen molar-refractivity contribution in [2.24, 2.45) is 13.0 Å². The molecule has 7 heteroatoms. The lowest BCUT2D eigenvalue weighted by atomic mass is 10.0. The predicted octanol–water partition coefficient (Wildman–Crippen LogP) is 4.49. The Kier molecular flexibility index (Phi) is 7.10. The summed E-state index contributed by atoms with van der Waals surface area (Å²) < 4.78 is 10.3. The Bertz CT molecular complexity index is 1390. The molecule has 2 aromatic carbocycles. The minimum Gasteiger partial charge on any atom is -0.385 e. The number of benzene rings is 2. The highest BCUT2D eigenvalue weighted by atomic mass is 32.2. The van der Waals surface area contributed by atoms with Crippen LogP contribution in [-0.4, -0.2) is 33.2 Å². The summed E-state index contributed by atoms with van der Waals surface area (Å²) in [6.45, 7) is 6.02. The van der Waals surface area contributed by atoms with Gasteiger partial charge in [-0.05, 0) is 28.7 Å². The van der Waals surface area contributed by atoms with Gasteiger partial charge in [0.15, 0.2) is 0 Å². The molecule has 0 unspecified atom stereocenters. The minimum absolute atomic E-state index is 0.235. The third-order valence-corrected chi connectivity index (χ3v) is 7.04. The molecule has 2 aromatic heterocycles. The van der Waals surface area contributed by atoms with Gasteiger partial charge in [0.25, 0.3) is 5.56 Å². The Morgan fingerprint density at radius 2 is 1.82 bits per heavy atom. The number of nitrogens with zero attached hydrogens (tertiary/aromatic N) is 3. The van der Waals surface area contributed by atoms with Crippen LogP contribution in [-0.2, 0) is 24.9 Å². The van der Waals surface area contributed by atoms with E-state index in [9.17, 15) is 9.59 Å². The van der Waals surface area contributed by atoms with E-state index >= 15 is 0 Å². The third kappa shape index (κ3) is 4.66. The van der Waals surface area contributed by atoms with Crippen LogP contribution in [0.1, 0.15) is 25.8 Å². The number of ether oxygens (including phenoxy) is 1. The zero-order chi connectivity index (χ0) is 23.5. The second-order valence-corrected chi connectivity index (χ2v) is 9.89. The van der Waals surface area contributed by atoms with Gasteiger partial charge in [0.2, 0.25) is 0 Å². The van der Waals surface area contributed by atoms with E-state index in [-0.39, 0.29) is 17.2 Å². The fourth-order valence-corrected chi connectivity index (χ4v) is 5.34. The van der Waals surface area contributed by atoms with E-state index in [1.165, 1.54) is 20.9 Å². The van der Waals surface area contributed by atoms with Gasteiger partial charge in [0.05, 0.1) is 15.9 Å². The Labute approximate surface area is 197 Å². The van der Waals surface area contributed by atoms with Crippen LogP contribution < -0.4 is 11.2 Å². The molecule has 0 aliphatic heterocycles. The summed E-state index contributed by atoms with van der Waals surface area (Å²) in [6, 6.07) is 14.7. The van der Waals surface area contributed by atoms with Crippen molar-refractivity contribution in [2.45, 2.75) is 38.4 Å². The van der Waals surface area contributed by atoms with E-state index in [4.69, 9.17) is 4.74 Å². The molecule has 0 saturated carbocycles. The maximum Gasteiger partial charge on any atom is 0.331 e. The molecule has 6 nitrogen and oxygen atoms in total. The first-order valence-electron chi connectivity index (χ1n) is 11.3. The molecule has 0 fully saturated rings. The lowest BCUT2D eigenvalue weighted by molar-refractivity contribution is 0.200. The van der Waals surface area contributed by atoms with E-state index in [1.54, 1.807) is 30.5 Å². The van der Waals surface area contributed by atoms with Crippen LogP contribution >= 0.6 is 11.8 Å². The Balaban J connectivity index is 1.91. The molecular formula is C26H31N3O3S. The Hall–Kier alpha value is -2.77. The fourth-order valence-electron chi connectivity index (χ4n) is 4.27. The van der Waals surface area contributed by atoms with Crippen molar-refractivity contribution in [1.29, 1.82) is 0 Å². The second kappa shape index (κ2) is 10.0. The molecule has 4 aromatic rings. The largest absolute Gasteiger partial charge is 0.385 e. The molecule has 33 heavy (non-hydrogen) atoms. The number of aromatic nitrogens is 3. The van der Waals surface area contributed by atoms with E-state index in [0.29, 0.717) is 30.6 Å². The number of thioether (sulfide) groups is 1. The number of rotatable bonds is 9. The first-order valence-corrected chi connectivity index (χ1v) is 12.3. The van der Waals surface area contributed by atoms with Gasteiger partial charge in [0.1, 0.15) is 0 Å². The average Bonchev–Trinajstić information content (AvgIpc) is 3.16. The van der Waals surface area contributed by atoms with Crippen molar-refractivity contribution in [3.05, 3.63) is 75.1 Å². The van der Waals surface area contributed by atoms with Gasteiger partial charge in [0, 0.05) is 45.8 Å². The Morgan fingerprint density at radius 3 is 2.58 bits per heavy atom. The van der Waals surface area contributed by atoms with E-state index in [1.807, 2.05) is 12.3 Å². The van der Waals surface area contributed by atoms with Crippen molar-refractivity contribution >= 4 is 33.4 Å². The molecule has 0 aliphatic rings. The zero-order valence-electron chi connectivity index (χ0n) is 19.7. The maximum atomic E-state index is 13.3. The first kappa shape index (κ1) is 23.4. The smallest absolute Gasteiger partial charge is 0.331 e. The molecule has 0 spiro atoms. The third-order valence-electron chi connectivity index (χ3n) is 5.84. The van der Waals surface area contributed by atoms with Gasteiger partial charge in [-0.25, -0.2) is 4.79 Å². The summed E-state index contributed by atoms with van der Waals surface area (Å²) >= 11 is 1.66. The molecule has 0 saturated heterocycles. The molecule has 0 N–H and O–H groups in total. The number of hydrogen-bond donors (Lipinski definition) is 0. The van der Waals surface area contributed by atoms with Crippen molar-refractivity contribution in [3.63, 3.8) is 0 Å². The molecule has 174 valence electrons. The van der Waals surface area contributed by atoms with E-state index < -0.39 is 0 Å². The molecule has 2 heterocycles. The standard InChI is InChI=1S/C26H31N3O3S/c1-18(2)15-29-22-17-28(16-20-11-7-10-19-9-5-6-12-21(19)20)25(33-14-8-13-32-4)23(22)24(30)27(3)26(29)31/h5-7,9-12,17-18H,8,13-16H2,1-4H3. The molecule has 0 radical (unpaired) electrons. The maximum absolute atomic E-state index is 13.3. The number of methoxy groups -OCH3 is 1. The zero-order valence-corrected chi connectivity index (χ0v) is 20.5. The summed E-state index contributed by atoms with van der Waals surface area (Å²) in [4.78, 5) is 26.3. The highest BCUT2D eigenvalue weighted by Crippen LogP contribution is 2.30. The topological polar surface area (TPSA) is 58.2 Å². The van der Waals surface area contributed by atoms with Gasteiger partial charge < -0.3 is 9.30 Å². The van der Waals surface area contributed by atoms with Crippen LogP contribution in [0, 0.1) is 5.92 Å². The van der Waals surface area contributed by atoms with Crippen molar-refractivity contribution < 1.29 is 4.74 Å². The normalized spacial score (nSPS) is 11.8. The number of hydrogen-bond acceptors (Lipinski definition) is 4. The van der Waals surface area contributed by atoms with Crippen molar-refractivity contribution in [1.82, 2.24) is 13.7 Å². The second-order valence-electron chi connectivity index (χ2n) is 8.81. The van der Waals surface area contributed by atoms with Gasteiger partial charge in [-0.1, -0.05) is 56.3 Å². The minimum atomic E-state index is -0.264. The van der Waals surface area contributed by atoms with Crippen molar-refractivity contribution in [3.8, 4) is 0 Å². The summed E-state index contributed by atoms with van der Waals surface area (Å²) in [5.74, 6) is 1.11. The summed E-state index contributed by atoms with van der Waals surface area (Å²) in [6.07, 6.45) is 2.87. The van der Waals surface area contributed by atoms with Crippen LogP contribution in [0.2, 0.25) is 0 Å². The lowest BCUT2D eigenvalue weighted by Gasteiger charge is -2.12. The summed E-state index contributed by atoms with van der Waals surface area (Å²) in [5.41, 5.74) is 1.40.